The highest BCUT2D eigenvalue weighted by molar-refractivity contribution is 5.89. The molecule has 1 heterocycles. The van der Waals surface area contributed by atoms with E-state index in [1.54, 1.807) is 12.3 Å². The van der Waals surface area contributed by atoms with Gasteiger partial charge in [-0.05, 0) is 45.0 Å². The van der Waals surface area contributed by atoms with Gasteiger partial charge in [0.2, 0.25) is 11.8 Å². The van der Waals surface area contributed by atoms with Gasteiger partial charge in [-0.15, -0.1) is 0 Å². The number of amides is 2. The number of nitrogens with two attached hydrogens (primary N) is 1. The van der Waals surface area contributed by atoms with E-state index in [0.717, 1.165) is 18.4 Å². The molecule has 0 saturated heterocycles. The summed E-state index contributed by atoms with van der Waals surface area (Å²) in [6, 6.07) is 2.75. The molecule has 0 bridgehead atoms. The Kier molecular flexibility index (Phi) is 8.03. The smallest absolute Gasteiger partial charge is 0.242 e. The van der Waals surface area contributed by atoms with Crippen molar-refractivity contribution in [2.24, 2.45) is 5.92 Å². The molecule has 4 N–H and O–H groups in total. The molecule has 2 amide bonds. The van der Waals surface area contributed by atoms with Crippen molar-refractivity contribution in [2.45, 2.75) is 64.1 Å². The molecule has 1 aromatic heterocycles. The Morgan fingerprint density at radius 1 is 1.22 bits per heavy atom. The van der Waals surface area contributed by atoms with Crippen LogP contribution in [0.25, 0.3) is 0 Å². The summed E-state index contributed by atoms with van der Waals surface area (Å²) in [6.45, 7) is 2.21. The Bertz CT molecular complexity index is 611. The van der Waals surface area contributed by atoms with Gasteiger partial charge in [-0.1, -0.05) is 38.2 Å². The van der Waals surface area contributed by atoms with Crippen molar-refractivity contribution in [1.29, 1.82) is 0 Å². The number of rotatable bonds is 8. The van der Waals surface area contributed by atoms with Crippen molar-refractivity contribution in [1.82, 2.24) is 20.5 Å². The second-order valence-corrected chi connectivity index (χ2v) is 7.75. The van der Waals surface area contributed by atoms with Gasteiger partial charge in [-0.2, -0.15) is 0 Å². The second kappa shape index (κ2) is 10.3. The number of hydrogen-bond donors (Lipinski definition) is 3. The number of aromatic nitrogens is 1. The first-order valence-corrected chi connectivity index (χ1v) is 9.81. The van der Waals surface area contributed by atoms with Crippen LogP contribution in [0.4, 0.5) is 5.82 Å². The van der Waals surface area contributed by atoms with Gasteiger partial charge in [0, 0.05) is 12.7 Å². The summed E-state index contributed by atoms with van der Waals surface area (Å²) in [5.74, 6) is 0.676. The molecule has 7 heteroatoms. The monoisotopic (exact) mass is 375 g/mol. The van der Waals surface area contributed by atoms with Crippen molar-refractivity contribution < 1.29 is 9.59 Å². The standard InChI is InChI=1S/C20H33N5O2/c1-14(25(2)3)19(26)24-17(11-15-7-5-4-6-8-15)20(27)23-13-16-9-10-18(21)22-12-16/h9-10,12,14-15,17H,4-8,11,13H2,1-3H3,(H2,21,22)(H,23,27)(H,24,26)/t14?,17-/m0/s1. The van der Waals surface area contributed by atoms with Crippen LogP contribution < -0.4 is 16.4 Å². The molecule has 1 aliphatic rings. The van der Waals surface area contributed by atoms with Crippen molar-refractivity contribution in [2.75, 3.05) is 19.8 Å². The molecule has 150 valence electrons. The summed E-state index contributed by atoms with van der Waals surface area (Å²) in [7, 11) is 3.71. The molecule has 1 aliphatic carbocycles. The number of pyridine rings is 1. The summed E-state index contributed by atoms with van der Waals surface area (Å²) in [6.07, 6.45) is 8.28. The average molecular weight is 376 g/mol. The molecular formula is C20H33N5O2. The molecule has 0 aliphatic heterocycles. The van der Waals surface area contributed by atoms with E-state index in [-0.39, 0.29) is 17.9 Å². The molecule has 2 atom stereocenters. The van der Waals surface area contributed by atoms with E-state index in [1.165, 1.54) is 19.3 Å². The van der Waals surface area contributed by atoms with Gasteiger partial charge < -0.3 is 16.4 Å². The minimum absolute atomic E-state index is 0.120. The quantitative estimate of drug-likeness (QED) is 0.642. The summed E-state index contributed by atoms with van der Waals surface area (Å²) >= 11 is 0. The Labute approximate surface area is 162 Å². The van der Waals surface area contributed by atoms with E-state index < -0.39 is 6.04 Å². The van der Waals surface area contributed by atoms with E-state index in [4.69, 9.17) is 5.73 Å². The highest BCUT2D eigenvalue weighted by Gasteiger charge is 2.27. The first kappa shape index (κ1) is 21.2. The lowest BCUT2D eigenvalue weighted by atomic mass is 9.84. The van der Waals surface area contributed by atoms with Gasteiger partial charge in [0.05, 0.1) is 6.04 Å². The van der Waals surface area contributed by atoms with Crippen LogP contribution in [0.5, 0.6) is 0 Å². The summed E-state index contributed by atoms with van der Waals surface area (Å²) in [4.78, 5) is 31.2. The van der Waals surface area contributed by atoms with Crippen LogP contribution in [0.15, 0.2) is 18.3 Å². The number of likely N-dealkylation sites (N-methyl/N-ethyl adjacent to an activating group) is 1. The summed E-state index contributed by atoms with van der Waals surface area (Å²) < 4.78 is 0. The molecule has 7 nitrogen and oxygen atoms in total. The SMILES string of the molecule is CC(C(=O)N[C@@H](CC1CCCCC1)C(=O)NCc1ccc(N)nc1)N(C)C. The predicted octanol–water partition coefficient (Wildman–Crippen LogP) is 1.69. The molecule has 0 radical (unpaired) electrons. The number of hydrogen-bond acceptors (Lipinski definition) is 5. The topological polar surface area (TPSA) is 100 Å². The minimum Gasteiger partial charge on any atom is -0.384 e. The van der Waals surface area contributed by atoms with E-state index in [1.807, 2.05) is 32.0 Å². The Hall–Kier alpha value is -2.15. The lowest BCUT2D eigenvalue weighted by Gasteiger charge is -2.28. The van der Waals surface area contributed by atoms with Crippen LogP contribution in [-0.2, 0) is 16.1 Å². The number of carbonyl (C=O) groups is 2. The van der Waals surface area contributed by atoms with Crippen LogP contribution in [0, 0.1) is 5.92 Å². The van der Waals surface area contributed by atoms with Crippen molar-refractivity contribution >= 4 is 17.6 Å². The zero-order valence-electron chi connectivity index (χ0n) is 16.7. The number of anilines is 1. The Balaban J connectivity index is 1.98. The van der Waals surface area contributed by atoms with Gasteiger partial charge in [0.1, 0.15) is 11.9 Å². The zero-order chi connectivity index (χ0) is 19.8. The first-order valence-electron chi connectivity index (χ1n) is 9.81. The molecule has 1 unspecified atom stereocenters. The zero-order valence-corrected chi connectivity index (χ0v) is 16.7. The van der Waals surface area contributed by atoms with Crippen molar-refractivity contribution in [3.8, 4) is 0 Å². The average Bonchev–Trinajstić information content (AvgIpc) is 2.66. The maximum absolute atomic E-state index is 12.8. The van der Waals surface area contributed by atoms with Crippen LogP contribution in [0.1, 0.15) is 51.0 Å². The molecule has 0 aromatic carbocycles. The van der Waals surface area contributed by atoms with Crippen molar-refractivity contribution in [3.63, 3.8) is 0 Å². The Morgan fingerprint density at radius 3 is 2.52 bits per heavy atom. The fourth-order valence-corrected chi connectivity index (χ4v) is 3.37. The maximum atomic E-state index is 12.8. The van der Waals surface area contributed by atoms with Gasteiger partial charge in [0.25, 0.3) is 0 Å². The van der Waals surface area contributed by atoms with E-state index in [0.29, 0.717) is 24.7 Å². The molecule has 1 fully saturated rings. The maximum Gasteiger partial charge on any atom is 0.242 e. The fourth-order valence-electron chi connectivity index (χ4n) is 3.37. The summed E-state index contributed by atoms with van der Waals surface area (Å²) in [5.41, 5.74) is 6.47. The fraction of sp³-hybridized carbons (Fsp3) is 0.650. The molecular weight excluding hydrogens is 342 g/mol. The molecule has 0 spiro atoms. The number of nitrogens with zero attached hydrogens (tertiary/aromatic N) is 2. The molecule has 1 aromatic rings. The lowest BCUT2D eigenvalue weighted by molar-refractivity contribution is -0.131. The van der Waals surface area contributed by atoms with Crippen LogP contribution in [0.2, 0.25) is 0 Å². The van der Waals surface area contributed by atoms with Crippen molar-refractivity contribution in [3.05, 3.63) is 23.9 Å². The normalized spacial score (nSPS) is 17.3. The van der Waals surface area contributed by atoms with Gasteiger partial charge in [-0.25, -0.2) is 4.98 Å². The number of nitrogens with one attached hydrogen (secondary N) is 2. The van der Waals surface area contributed by atoms with Gasteiger partial charge in [-0.3, -0.25) is 14.5 Å². The van der Waals surface area contributed by atoms with Gasteiger partial charge >= 0.3 is 0 Å². The number of carbonyl (C=O) groups excluding carboxylic acids is 2. The van der Waals surface area contributed by atoms with Crippen LogP contribution in [-0.4, -0.2) is 47.9 Å². The predicted molar refractivity (Wildman–Crippen MR) is 107 cm³/mol. The number of nitrogen functional groups attached to an aromatic ring is 1. The second-order valence-electron chi connectivity index (χ2n) is 7.75. The van der Waals surface area contributed by atoms with Crippen LogP contribution >= 0.6 is 0 Å². The third kappa shape index (κ3) is 6.82. The highest BCUT2D eigenvalue weighted by Crippen LogP contribution is 2.27. The Morgan fingerprint density at radius 2 is 1.93 bits per heavy atom. The minimum atomic E-state index is -0.509. The first-order chi connectivity index (χ1) is 12.9. The third-order valence-electron chi connectivity index (χ3n) is 5.40. The van der Waals surface area contributed by atoms with E-state index >= 15 is 0 Å². The third-order valence-corrected chi connectivity index (χ3v) is 5.40. The lowest BCUT2D eigenvalue weighted by Crippen LogP contribution is -2.52. The van der Waals surface area contributed by atoms with E-state index in [9.17, 15) is 9.59 Å². The molecule has 1 saturated carbocycles. The largest absolute Gasteiger partial charge is 0.384 e. The highest BCUT2D eigenvalue weighted by atomic mass is 16.2. The van der Waals surface area contributed by atoms with Gasteiger partial charge in [0.15, 0.2) is 0 Å². The molecule has 27 heavy (non-hydrogen) atoms. The summed E-state index contributed by atoms with van der Waals surface area (Å²) in [5, 5.41) is 5.90. The molecule has 2 rings (SSSR count). The van der Waals surface area contributed by atoms with Crippen LogP contribution in [0.3, 0.4) is 0 Å². The van der Waals surface area contributed by atoms with E-state index in [2.05, 4.69) is 15.6 Å².